The van der Waals surface area contributed by atoms with Crippen molar-refractivity contribution in [1.82, 2.24) is 0 Å². The van der Waals surface area contributed by atoms with Crippen molar-refractivity contribution >= 4 is 23.2 Å². The van der Waals surface area contributed by atoms with Crippen LogP contribution >= 0.6 is 11.3 Å². The average Bonchev–Trinajstić information content (AvgIpc) is 2.83. The minimum absolute atomic E-state index is 0.0765. The van der Waals surface area contributed by atoms with Crippen LogP contribution in [0.15, 0.2) is 42.5 Å². The summed E-state index contributed by atoms with van der Waals surface area (Å²) < 4.78 is 0. The lowest BCUT2D eigenvalue weighted by atomic mass is 10.1. The van der Waals surface area contributed by atoms with E-state index in [0.29, 0.717) is 0 Å². The Morgan fingerprint density at radius 3 is 2.44 bits per heavy atom. The number of carbonyl (C=O) groups is 1. The molecule has 0 bridgehead atoms. The molecule has 1 aromatic heterocycles. The predicted octanol–water partition coefficient (Wildman–Crippen LogP) is 4.52. The number of carbonyl (C=O) groups excluding carboxylic acids is 1. The summed E-state index contributed by atoms with van der Waals surface area (Å²) in [6.45, 7) is 4.14. The van der Waals surface area contributed by atoms with Crippen LogP contribution in [0, 0.1) is 6.92 Å². The molecule has 2 aromatic rings. The Morgan fingerprint density at radius 2 is 1.89 bits per heavy atom. The highest BCUT2D eigenvalue weighted by molar-refractivity contribution is 7.14. The van der Waals surface area contributed by atoms with E-state index in [4.69, 9.17) is 0 Å². The minimum Gasteiger partial charge on any atom is -0.288 e. The quantitative estimate of drug-likeness (QED) is 0.581. The molecule has 92 valence electrons. The third-order valence-corrected chi connectivity index (χ3v) is 3.81. The highest BCUT2D eigenvalue weighted by atomic mass is 32.1. The third kappa shape index (κ3) is 3.17. The van der Waals surface area contributed by atoms with Gasteiger partial charge in [0.25, 0.3) is 0 Å². The fourth-order valence-electron chi connectivity index (χ4n) is 1.69. The van der Waals surface area contributed by atoms with Gasteiger partial charge in [-0.15, -0.1) is 11.3 Å². The summed E-state index contributed by atoms with van der Waals surface area (Å²) in [4.78, 5) is 13.8. The van der Waals surface area contributed by atoms with Crippen molar-refractivity contribution in [3.63, 3.8) is 0 Å². The molecule has 0 unspecified atom stereocenters. The highest BCUT2D eigenvalue weighted by Crippen LogP contribution is 2.16. The van der Waals surface area contributed by atoms with E-state index in [1.165, 1.54) is 21.8 Å². The molecule has 1 heterocycles. The molecule has 0 aliphatic carbocycles. The van der Waals surface area contributed by atoms with Gasteiger partial charge in [0.05, 0.1) is 4.88 Å². The molecule has 0 saturated carbocycles. The van der Waals surface area contributed by atoms with Crippen LogP contribution in [0.5, 0.6) is 0 Å². The van der Waals surface area contributed by atoms with Gasteiger partial charge in [0.15, 0.2) is 5.78 Å². The van der Waals surface area contributed by atoms with Crippen LogP contribution in [0.3, 0.4) is 0 Å². The Bertz CT molecular complexity index is 561. The van der Waals surface area contributed by atoms with Crippen LogP contribution in [0.2, 0.25) is 0 Å². The van der Waals surface area contributed by atoms with Gasteiger partial charge < -0.3 is 0 Å². The Labute approximate surface area is 112 Å². The number of rotatable bonds is 4. The molecule has 0 atom stereocenters. The number of hydrogen-bond donors (Lipinski definition) is 0. The molecule has 18 heavy (non-hydrogen) atoms. The summed E-state index contributed by atoms with van der Waals surface area (Å²) in [5.41, 5.74) is 2.38. The maximum absolute atomic E-state index is 11.9. The summed E-state index contributed by atoms with van der Waals surface area (Å²) in [5.74, 6) is 0.0765. The number of hydrogen-bond acceptors (Lipinski definition) is 2. The van der Waals surface area contributed by atoms with E-state index >= 15 is 0 Å². The van der Waals surface area contributed by atoms with Gasteiger partial charge in [0.2, 0.25) is 0 Å². The van der Waals surface area contributed by atoms with Gasteiger partial charge in [-0.05, 0) is 42.7 Å². The fraction of sp³-hybridized carbons (Fsp3) is 0.188. The second kappa shape index (κ2) is 5.78. The van der Waals surface area contributed by atoms with Crippen LogP contribution in [0.4, 0.5) is 0 Å². The van der Waals surface area contributed by atoms with Crippen molar-refractivity contribution in [2.75, 3.05) is 0 Å². The third-order valence-electron chi connectivity index (χ3n) is 2.80. The first-order valence-electron chi connectivity index (χ1n) is 6.07. The summed E-state index contributed by atoms with van der Waals surface area (Å²) >= 11 is 1.54. The molecule has 0 aliphatic heterocycles. The van der Waals surface area contributed by atoms with Gasteiger partial charge in [-0.2, -0.15) is 0 Å². The number of aryl methyl sites for hydroxylation is 2. The van der Waals surface area contributed by atoms with Crippen LogP contribution in [0.25, 0.3) is 6.08 Å². The van der Waals surface area contributed by atoms with Crippen LogP contribution in [-0.2, 0) is 6.42 Å². The zero-order chi connectivity index (χ0) is 13.0. The Kier molecular flexibility index (Phi) is 4.11. The first-order valence-corrected chi connectivity index (χ1v) is 6.88. The second-order valence-electron chi connectivity index (χ2n) is 4.20. The Morgan fingerprint density at radius 1 is 1.17 bits per heavy atom. The van der Waals surface area contributed by atoms with Crippen molar-refractivity contribution in [3.05, 3.63) is 63.4 Å². The zero-order valence-electron chi connectivity index (χ0n) is 10.6. The van der Waals surface area contributed by atoms with Gasteiger partial charge in [0, 0.05) is 4.88 Å². The van der Waals surface area contributed by atoms with Crippen molar-refractivity contribution in [3.8, 4) is 0 Å². The van der Waals surface area contributed by atoms with Crippen molar-refractivity contribution in [2.45, 2.75) is 20.3 Å². The molecule has 1 nitrogen and oxygen atoms in total. The smallest absolute Gasteiger partial charge is 0.195 e. The van der Waals surface area contributed by atoms with E-state index in [1.54, 1.807) is 6.08 Å². The monoisotopic (exact) mass is 256 g/mol. The normalized spacial score (nSPS) is 11.0. The van der Waals surface area contributed by atoms with Gasteiger partial charge >= 0.3 is 0 Å². The number of allylic oxidation sites excluding steroid dienone is 1. The molecule has 0 aliphatic rings. The zero-order valence-corrected chi connectivity index (χ0v) is 11.5. The molecule has 2 heteroatoms. The fourth-order valence-corrected chi connectivity index (χ4v) is 2.47. The van der Waals surface area contributed by atoms with E-state index < -0.39 is 0 Å². The van der Waals surface area contributed by atoms with Gasteiger partial charge in [-0.3, -0.25) is 4.79 Å². The molecule has 0 radical (unpaired) electrons. The van der Waals surface area contributed by atoms with Crippen LogP contribution in [-0.4, -0.2) is 5.78 Å². The molecular formula is C16H16OS. The first-order chi connectivity index (χ1) is 8.69. The molecule has 0 fully saturated rings. The van der Waals surface area contributed by atoms with Gasteiger partial charge in [0.1, 0.15) is 0 Å². The molecular weight excluding hydrogens is 240 g/mol. The van der Waals surface area contributed by atoms with Crippen molar-refractivity contribution in [1.29, 1.82) is 0 Å². The highest BCUT2D eigenvalue weighted by Gasteiger charge is 2.03. The lowest BCUT2D eigenvalue weighted by molar-refractivity contribution is 0.105. The van der Waals surface area contributed by atoms with Crippen molar-refractivity contribution < 1.29 is 4.79 Å². The Hall–Kier alpha value is -1.67. The van der Waals surface area contributed by atoms with E-state index in [0.717, 1.165) is 16.9 Å². The second-order valence-corrected chi connectivity index (χ2v) is 5.49. The van der Waals surface area contributed by atoms with Crippen LogP contribution in [0.1, 0.15) is 32.6 Å². The maximum Gasteiger partial charge on any atom is 0.195 e. The number of benzene rings is 1. The van der Waals surface area contributed by atoms with E-state index in [1.807, 2.05) is 37.3 Å². The largest absolute Gasteiger partial charge is 0.288 e. The number of thiophene rings is 1. The lowest BCUT2D eigenvalue weighted by Gasteiger charge is -1.97. The first kappa shape index (κ1) is 12.8. The average molecular weight is 256 g/mol. The Balaban J connectivity index is 2.08. The SMILES string of the molecule is CCc1ccc(/C=C/C(=O)c2ccc(C)s2)cc1. The minimum atomic E-state index is 0.0765. The van der Waals surface area contributed by atoms with Gasteiger partial charge in [-0.1, -0.05) is 37.3 Å². The van der Waals surface area contributed by atoms with E-state index in [9.17, 15) is 4.79 Å². The lowest BCUT2D eigenvalue weighted by Crippen LogP contribution is -1.88. The standard InChI is InChI=1S/C16H16OS/c1-3-13-5-7-14(8-6-13)9-10-15(17)16-11-4-12(2)18-16/h4-11H,3H2,1-2H3/b10-9+. The summed E-state index contributed by atoms with van der Waals surface area (Å²) in [7, 11) is 0. The molecule has 0 amide bonds. The molecule has 1 aromatic carbocycles. The number of ketones is 1. The topological polar surface area (TPSA) is 17.1 Å². The van der Waals surface area contributed by atoms with E-state index in [-0.39, 0.29) is 5.78 Å². The van der Waals surface area contributed by atoms with Crippen molar-refractivity contribution in [2.24, 2.45) is 0 Å². The predicted molar refractivity (Wildman–Crippen MR) is 78.2 cm³/mol. The van der Waals surface area contributed by atoms with E-state index in [2.05, 4.69) is 19.1 Å². The molecule has 0 spiro atoms. The maximum atomic E-state index is 11.9. The van der Waals surface area contributed by atoms with Crippen LogP contribution < -0.4 is 0 Å². The summed E-state index contributed by atoms with van der Waals surface area (Å²) in [5, 5.41) is 0. The summed E-state index contributed by atoms with van der Waals surface area (Å²) in [6.07, 6.45) is 4.56. The van der Waals surface area contributed by atoms with Gasteiger partial charge in [-0.25, -0.2) is 0 Å². The molecule has 0 N–H and O–H groups in total. The molecule has 2 rings (SSSR count). The molecule has 0 saturated heterocycles. The summed E-state index contributed by atoms with van der Waals surface area (Å²) in [6, 6.07) is 12.1.